The smallest absolute Gasteiger partial charge is 0.303 e. The van der Waals surface area contributed by atoms with Gasteiger partial charge in [0.05, 0.1) is 6.42 Å². The van der Waals surface area contributed by atoms with Gasteiger partial charge in [-0.2, -0.15) is 0 Å². The van der Waals surface area contributed by atoms with Crippen LogP contribution < -0.4 is 5.32 Å². The largest absolute Gasteiger partial charge is 0.481 e. The third kappa shape index (κ3) is 5.47. The highest BCUT2D eigenvalue weighted by atomic mass is 16.5. The van der Waals surface area contributed by atoms with Crippen LogP contribution in [0.25, 0.3) is 0 Å². The topological polar surface area (TPSA) is 58.6 Å². The first-order valence-electron chi connectivity index (χ1n) is 6.00. The van der Waals surface area contributed by atoms with E-state index in [2.05, 4.69) is 5.32 Å². The molecule has 0 bridgehead atoms. The molecule has 4 nitrogen and oxygen atoms in total. The molecule has 1 aliphatic rings. The Morgan fingerprint density at radius 2 is 2.06 bits per heavy atom. The zero-order valence-corrected chi connectivity index (χ0v) is 10.3. The average Bonchev–Trinajstić information content (AvgIpc) is 2.16. The maximum atomic E-state index is 10.6. The van der Waals surface area contributed by atoms with Gasteiger partial charge < -0.3 is 15.2 Å². The van der Waals surface area contributed by atoms with Crippen molar-refractivity contribution in [2.75, 3.05) is 26.3 Å². The molecule has 0 atom stereocenters. The van der Waals surface area contributed by atoms with Gasteiger partial charge in [0.15, 0.2) is 0 Å². The molecule has 0 amide bonds. The zero-order valence-electron chi connectivity index (χ0n) is 10.3. The van der Waals surface area contributed by atoms with Crippen LogP contribution in [0.1, 0.15) is 33.1 Å². The predicted octanol–water partition coefficient (Wildman–Crippen LogP) is 1.50. The predicted molar refractivity (Wildman–Crippen MR) is 62.4 cm³/mol. The monoisotopic (exact) mass is 229 g/mol. The molecule has 1 heterocycles. The second kappa shape index (κ2) is 6.21. The number of rotatable bonds is 6. The molecule has 0 aromatic heterocycles. The van der Waals surface area contributed by atoms with Crippen LogP contribution in [0.2, 0.25) is 0 Å². The van der Waals surface area contributed by atoms with E-state index in [1.54, 1.807) is 0 Å². The van der Waals surface area contributed by atoms with E-state index >= 15 is 0 Å². The maximum absolute atomic E-state index is 10.6. The number of ether oxygens (including phenoxy) is 1. The number of carboxylic acids is 1. The van der Waals surface area contributed by atoms with Crippen molar-refractivity contribution in [1.29, 1.82) is 0 Å². The van der Waals surface area contributed by atoms with Crippen LogP contribution in [0.4, 0.5) is 0 Å². The van der Waals surface area contributed by atoms with Gasteiger partial charge in [-0.05, 0) is 30.7 Å². The summed E-state index contributed by atoms with van der Waals surface area (Å²) in [5.74, 6) is -0.0350. The molecule has 1 fully saturated rings. The summed E-state index contributed by atoms with van der Waals surface area (Å²) in [6, 6.07) is 0. The van der Waals surface area contributed by atoms with E-state index < -0.39 is 5.97 Å². The Bertz CT molecular complexity index is 222. The van der Waals surface area contributed by atoms with Gasteiger partial charge >= 0.3 is 5.97 Å². The van der Waals surface area contributed by atoms with Crippen LogP contribution in [0.5, 0.6) is 0 Å². The SMILES string of the molecule is CC(C)(CNCC1CCOCC1)CC(=O)O. The van der Waals surface area contributed by atoms with E-state index in [1.165, 1.54) is 0 Å². The van der Waals surface area contributed by atoms with E-state index in [9.17, 15) is 4.79 Å². The van der Waals surface area contributed by atoms with Crippen LogP contribution in [0.15, 0.2) is 0 Å². The second-order valence-electron chi connectivity index (χ2n) is 5.42. The first-order valence-corrected chi connectivity index (χ1v) is 6.00. The average molecular weight is 229 g/mol. The van der Waals surface area contributed by atoms with Gasteiger partial charge in [-0.15, -0.1) is 0 Å². The third-order valence-electron chi connectivity index (χ3n) is 3.01. The second-order valence-corrected chi connectivity index (χ2v) is 5.42. The molecule has 2 N–H and O–H groups in total. The molecule has 0 radical (unpaired) electrons. The highest BCUT2D eigenvalue weighted by molar-refractivity contribution is 5.67. The Balaban J connectivity index is 2.15. The highest BCUT2D eigenvalue weighted by Crippen LogP contribution is 2.19. The van der Waals surface area contributed by atoms with Crippen molar-refractivity contribution >= 4 is 5.97 Å². The molecule has 0 aromatic carbocycles. The lowest BCUT2D eigenvalue weighted by atomic mass is 9.89. The van der Waals surface area contributed by atoms with Gasteiger partial charge in [0.2, 0.25) is 0 Å². The molecular formula is C12H23NO3. The van der Waals surface area contributed by atoms with Crippen molar-refractivity contribution in [3.63, 3.8) is 0 Å². The molecule has 1 rings (SSSR count). The lowest BCUT2D eigenvalue weighted by Crippen LogP contribution is -2.35. The Morgan fingerprint density at radius 1 is 1.44 bits per heavy atom. The van der Waals surface area contributed by atoms with Crippen molar-refractivity contribution in [2.45, 2.75) is 33.1 Å². The lowest BCUT2D eigenvalue weighted by molar-refractivity contribution is -0.139. The number of nitrogens with one attached hydrogen (secondary N) is 1. The summed E-state index contributed by atoms with van der Waals surface area (Å²) in [7, 11) is 0. The number of carbonyl (C=O) groups is 1. The Kier molecular flexibility index (Phi) is 5.22. The van der Waals surface area contributed by atoms with E-state index in [0.717, 1.165) is 39.1 Å². The third-order valence-corrected chi connectivity index (χ3v) is 3.01. The molecule has 16 heavy (non-hydrogen) atoms. The van der Waals surface area contributed by atoms with Gasteiger partial charge in [0.25, 0.3) is 0 Å². The van der Waals surface area contributed by atoms with Gasteiger partial charge in [-0.25, -0.2) is 0 Å². The van der Waals surface area contributed by atoms with Crippen molar-refractivity contribution in [3.05, 3.63) is 0 Å². The fraction of sp³-hybridized carbons (Fsp3) is 0.917. The number of carboxylic acid groups (broad SMARTS) is 1. The Labute approximate surface area is 97.4 Å². The lowest BCUT2D eigenvalue weighted by Gasteiger charge is -2.26. The van der Waals surface area contributed by atoms with Crippen molar-refractivity contribution in [3.8, 4) is 0 Å². The summed E-state index contributed by atoms with van der Waals surface area (Å²) >= 11 is 0. The molecular weight excluding hydrogens is 206 g/mol. The van der Waals surface area contributed by atoms with Gasteiger partial charge in [0, 0.05) is 19.8 Å². The molecule has 1 aliphatic heterocycles. The number of hydrogen-bond acceptors (Lipinski definition) is 3. The molecule has 1 saturated heterocycles. The van der Waals surface area contributed by atoms with Crippen LogP contribution >= 0.6 is 0 Å². The standard InChI is InChI=1S/C12H23NO3/c1-12(2,7-11(14)15)9-13-8-10-3-5-16-6-4-10/h10,13H,3-9H2,1-2H3,(H,14,15). The van der Waals surface area contributed by atoms with Gasteiger partial charge in [-0.3, -0.25) is 4.79 Å². The van der Waals surface area contributed by atoms with Crippen molar-refractivity contribution < 1.29 is 14.6 Å². The van der Waals surface area contributed by atoms with Gasteiger partial charge in [0.1, 0.15) is 0 Å². The van der Waals surface area contributed by atoms with Crippen LogP contribution in [0, 0.1) is 11.3 Å². The minimum Gasteiger partial charge on any atom is -0.481 e. The number of hydrogen-bond donors (Lipinski definition) is 2. The summed E-state index contributed by atoms with van der Waals surface area (Å²) in [5.41, 5.74) is -0.170. The molecule has 0 aliphatic carbocycles. The summed E-state index contributed by atoms with van der Waals surface area (Å²) < 4.78 is 5.29. The fourth-order valence-corrected chi connectivity index (χ4v) is 2.04. The molecule has 0 aromatic rings. The minimum atomic E-state index is -0.724. The normalized spacial score (nSPS) is 18.6. The van der Waals surface area contributed by atoms with Crippen molar-refractivity contribution in [2.24, 2.45) is 11.3 Å². The molecule has 0 unspecified atom stereocenters. The Hall–Kier alpha value is -0.610. The zero-order chi connectivity index (χ0) is 12.0. The fourth-order valence-electron chi connectivity index (χ4n) is 2.04. The minimum absolute atomic E-state index is 0.170. The first-order chi connectivity index (χ1) is 7.49. The quantitative estimate of drug-likeness (QED) is 0.724. The summed E-state index contributed by atoms with van der Waals surface area (Å²) in [4.78, 5) is 10.6. The van der Waals surface area contributed by atoms with E-state index in [4.69, 9.17) is 9.84 Å². The van der Waals surface area contributed by atoms with Gasteiger partial charge in [-0.1, -0.05) is 13.8 Å². The molecule has 0 spiro atoms. The summed E-state index contributed by atoms with van der Waals surface area (Å²) in [6.07, 6.45) is 2.45. The van der Waals surface area contributed by atoms with E-state index in [-0.39, 0.29) is 11.8 Å². The molecule has 94 valence electrons. The Morgan fingerprint density at radius 3 is 2.62 bits per heavy atom. The molecule has 0 saturated carbocycles. The first kappa shape index (κ1) is 13.5. The summed E-state index contributed by atoms with van der Waals surface area (Å²) in [5, 5.41) is 12.1. The van der Waals surface area contributed by atoms with Crippen LogP contribution in [-0.2, 0) is 9.53 Å². The molecule has 4 heteroatoms. The van der Waals surface area contributed by atoms with E-state index in [1.807, 2.05) is 13.8 Å². The summed E-state index contributed by atoms with van der Waals surface area (Å²) in [6.45, 7) is 7.44. The van der Waals surface area contributed by atoms with Crippen LogP contribution in [0.3, 0.4) is 0 Å². The van der Waals surface area contributed by atoms with Crippen LogP contribution in [-0.4, -0.2) is 37.4 Å². The highest BCUT2D eigenvalue weighted by Gasteiger charge is 2.22. The number of aliphatic carboxylic acids is 1. The maximum Gasteiger partial charge on any atom is 0.303 e. The van der Waals surface area contributed by atoms with E-state index in [0.29, 0.717) is 5.92 Å². The van der Waals surface area contributed by atoms with Crippen molar-refractivity contribution in [1.82, 2.24) is 5.32 Å².